The molecule has 0 radical (unpaired) electrons. The molecule has 1 N–H and O–H groups in total. The topological polar surface area (TPSA) is 21.3 Å². The Balaban J connectivity index is 2.00. The third-order valence-corrected chi connectivity index (χ3v) is 5.01. The summed E-state index contributed by atoms with van der Waals surface area (Å²) in [4.78, 5) is 0. The summed E-state index contributed by atoms with van der Waals surface area (Å²) < 4.78 is 5.63. The van der Waals surface area contributed by atoms with E-state index in [9.17, 15) is 0 Å². The zero-order valence-corrected chi connectivity index (χ0v) is 13.1. The van der Waals surface area contributed by atoms with Crippen LogP contribution in [0, 0.1) is 0 Å². The number of nitrogens with one attached hydrogen (secondary N) is 1. The number of hydrogen-bond donors (Lipinski definition) is 1. The van der Waals surface area contributed by atoms with Gasteiger partial charge in [-0.15, -0.1) is 0 Å². The highest BCUT2D eigenvalue weighted by molar-refractivity contribution is 6.32. The van der Waals surface area contributed by atoms with Crippen LogP contribution in [0.1, 0.15) is 48.8 Å². The first kappa shape index (κ1) is 14.2. The molecule has 1 fully saturated rings. The molecule has 1 aromatic carbocycles. The minimum absolute atomic E-state index is 0.592. The van der Waals surface area contributed by atoms with Crippen LogP contribution in [0.3, 0.4) is 0 Å². The average molecular weight is 294 g/mol. The molecule has 0 aromatic heterocycles. The summed E-state index contributed by atoms with van der Waals surface area (Å²) in [5, 5.41) is 4.39. The van der Waals surface area contributed by atoms with Gasteiger partial charge in [-0.25, -0.2) is 0 Å². The van der Waals surface area contributed by atoms with E-state index in [-0.39, 0.29) is 0 Å². The molecule has 0 bridgehead atoms. The Hall–Kier alpha value is -0.730. The lowest BCUT2D eigenvalue weighted by Crippen LogP contribution is -2.24. The summed E-state index contributed by atoms with van der Waals surface area (Å²) in [6, 6.07) is 2.74. The molecule has 0 saturated carbocycles. The van der Waals surface area contributed by atoms with Gasteiger partial charge in [0.15, 0.2) is 0 Å². The van der Waals surface area contributed by atoms with Crippen LogP contribution in [0.4, 0.5) is 0 Å². The first-order valence-electron chi connectivity index (χ1n) is 7.90. The van der Waals surface area contributed by atoms with Gasteiger partial charge in [-0.3, -0.25) is 0 Å². The lowest BCUT2D eigenvalue weighted by molar-refractivity contribution is 0.406. The second-order valence-corrected chi connectivity index (χ2v) is 6.47. The molecule has 0 spiro atoms. The van der Waals surface area contributed by atoms with Crippen molar-refractivity contribution < 1.29 is 4.74 Å². The van der Waals surface area contributed by atoms with Crippen LogP contribution in [-0.2, 0) is 19.3 Å². The molecular weight excluding hydrogens is 270 g/mol. The van der Waals surface area contributed by atoms with Crippen LogP contribution in [0.25, 0.3) is 0 Å². The molecule has 1 aliphatic heterocycles. The normalized spacial score (nSPS) is 22.4. The maximum atomic E-state index is 6.46. The van der Waals surface area contributed by atoms with Crippen molar-refractivity contribution in [1.82, 2.24) is 5.32 Å². The molecule has 1 heterocycles. The van der Waals surface area contributed by atoms with Gasteiger partial charge in [-0.2, -0.15) is 0 Å². The number of fused-ring (bicyclic) bond motifs is 1. The maximum absolute atomic E-state index is 6.46. The van der Waals surface area contributed by atoms with Gasteiger partial charge in [0.25, 0.3) is 0 Å². The Bertz CT molecular complexity index is 480. The number of rotatable bonds is 3. The fourth-order valence-electron chi connectivity index (χ4n) is 3.72. The molecule has 1 saturated heterocycles. The highest BCUT2D eigenvalue weighted by atomic mass is 35.5. The standard InChI is InChI=1S/C17H24ClNO/c1-20-17-15(11-13-7-5-9-19-13)14-8-4-2-3-6-12(14)10-16(17)18/h10,13,19H,2-9,11H2,1H3. The Morgan fingerprint density at radius 3 is 2.85 bits per heavy atom. The predicted octanol–water partition coefficient (Wildman–Crippen LogP) is 3.91. The molecule has 20 heavy (non-hydrogen) atoms. The highest BCUT2D eigenvalue weighted by Crippen LogP contribution is 2.38. The van der Waals surface area contributed by atoms with Crippen molar-refractivity contribution in [3.05, 3.63) is 27.8 Å². The molecular formula is C17H24ClNO. The van der Waals surface area contributed by atoms with Crippen LogP contribution in [-0.4, -0.2) is 19.7 Å². The van der Waals surface area contributed by atoms with E-state index in [0.29, 0.717) is 6.04 Å². The molecule has 1 unspecified atom stereocenters. The van der Waals surface area contributed by atoms with Gasteiger partial charge < -0.3 is 10.1 Å². The monoisotopic (exact) mass is 293 g/mol. The van der Waals surface area contributed by atoms with Crippen molar-refractivity contribution in [3.8, 4) is 5.75 Å². The fourth-order valence-corrected chi connectivity index (χ4v) is 4.05. The average Bonchev–Trinajstić information content (AvgIpc) is 2.83. The minimum atomic E-state index is 0.592. The number of halogens is 1. The van der Waals surface area contributed by atoms with Gasteiger partial charge in [-0.05, 0) is 68.7 Å². The fraction of sp³-hybridized carbons (Fsp3) is 0.647. The van der Waals surface area contributed by atoms with Crippen LogP contribution in [0.15, 0.2) is 6.07 Å². The van der Waals surface area contributed by atoms with E-state index in [1.54, 1.807) is 7.11 Å². The van der Waals surface area contributed by atoms with Gasteiger partial charge in [0.05, 0.1) is 12.1 Å². The smallest absolute Gasteiger partial charge is 0.140 e. The molecule has 2 aliphatic rings. The van der Waals surface area contributed by atoms with E-state index in [4.69, 9.17) is 16.3 Å². The van der Waals surface area contributed by atoms with Crippen LogP contribution < -0.4 is 10.1 Å². The Morgan fingerprint density at radius 1 is 1.25 bits per heavy atom. The van der Waals surface area contributed by atoms with E-state index in [2.05, 4.69) is 11.4 Å². The summed E-state index contributed by atoms with van der Waals surface area (Å²) in [5.74, 6) is 0.918. The molecule has 3 heteroatoms. The zero-order valence-electron chi connectivity index (χ0n) is 12.3. The van der Waals surface area contributed by atoms with Gasteiger partial charge in [0.1, 0.15) is 5.75 Å². The number of ether oxygens (including phenoxy) is 1. The largest absolute Gasteiger partial charge is 0.495 e. The quantitative estimate of drug-likeness (QED) is 0.853. The molecule has 0 amide bonds. The molecule has 3 rings (SSSR count). The number of aryl methyl sites for hydroxylation is 1. The van der Waals surface area contributed by atoms with Gasteiger partial charge in [0, 0.05) is 11.6 Å². The minimum Gasteiger partial charge on any atom is -0.495 e. The van der Waals surface area contributed by atoms with Crippen LogP contribution in [0.5, 0.6) is 5.75 Å². The zero-order chi connectivity index (χ0) is 13.9. The first-order valence-corrected chi connectivity index (χ1v) is 8.28. The van der Waals surface area contributed by atoms with Crippen molar-refractivity contribution >= 4 is 11.6 Å². The van der Waals surface area contributed by atoms with Crippen molar-refractivity contribution in [2.45, 2.75) is 57.4 Å². The van der Waals surface area contributed by atoms with E-state index in [0.717, 1.165) is 23.7 Å². The molecule has 2 nitrogen and oxygen atoms in total. The molecule has 1 atom stereocenters. The number of benzene rings is 1. The van der Waals surface area contributed by atoms with Crippen LogP contribution >= 0.6 is 11.6 Å². The van der Waals surface area contributed by atoms with Crippen molar-refractivity contribution in [3.63, 3.8) is 0 Å². The molecule has 1 aliphatic carbocycles. The first-order chi connectivity index (χ1) is 9.79. The van der Waals surface area contributed by atoms with E-state index in [1.807, 2.05) is 0 Å². The third kappa shape index (κ3) is 2.82. The van der Waals surface area contributed by atoms with E-state index < -0.39 is 0 Å². The van der Waals surface area contributed by atoms with E-state index >= 15 is 0 Å². The maximum Gasteiger partial charge on any atom is 0.140 e. The predicted molar refractivity (Wildman–Crippen MR) is 84.0 cm³/mol. The molecule has 1 aromatic rings. The summed E-state index contributed by atoms with van der Waals surface area (Å²) in [7, 11) is 1.75. The van der Waals surface area contributed by atoms with E-state index in [1.165, 1.54) is 61.6 Å². The second-order valence-electron chi connectivity index (χ2n) is 6.07. The summed E-state index contributed by atoms with van der Waals surface area (Å²) >= 11 is 6.46. The Morgan fingerprint density at radius 2 is 2.10 bits per heavy atom. The Kier molecular flexibility index (Phi) is 4.52. The SMILES string of the molecule is COc1c(Cl)cc2c(c1CC1CCCN1)CCCCC2. The van der Waals surface area contributed by atoms with Gasteiger partial charge >= 0.3 is 0 Å². The molecule has 110 valence electrons. The van der Waals surface area contributed by atoms with Gasteiger partial charge in [-0.1, -0.05) is 18.0 Å². The summed E-state index contributed by atoms with van der Waals surface area (Å²) in [6.45, 7) is 1.15. The second kappa shape index (κ2) is 6.36. The van der Waals surface area contributed by atoms with Crippen molar-refractivity contribution in [2.24, 2.45) is 0 Å². The van der Waals surface area contributed by atoms with Gasteiger partial charge in [0.2, 0.25) is 0 Å². The third-order valence-electron chi connectivity index (χ3n) is 4.73. The number of methoxy groups -OCH3 is 1. The van der Waals surface area contributed by atoms with Crippen LogP contribution in [0.2, 0.25) is 5.02 Å². The van der Waals surface area contributed by atoms with Crippen molar-refractivity contribution in [1.29, 1.82) is 0 Å². The number of hydrogen-bond acceptors (Lipinski definition) is 2. The lowest BCUT2D eigenvalue weighted by Gasteiger charge is -2.21. The highest BCUT2D eigenvalue weighted by Gasteiger charge is 2.23. The Labute approximate surface area is 126 Å². The lowest BCUT2D eigenvalue weighted by atomic mass is 9.91. The van der Waals surface area contributed by atoms with Crippen molar-refractivity contribution in [2.75, 3.05) is 13.7 Å². The summed E-state index contributed by atoms with van der Waals surface area (Å²) in [5.41, 5.74) is 4.36. The summed E-state index contributed by atoms with van der Waals surface area (Å²) in [6.07, 6.45) is 9.89.